The summed E-state index contributed by atoms with van der Waals surface area (Å²) in [5.41, 5.74) is -1.48. The fraction of sp³-hybridized carbons (Fsp3) is 0.588. The molecule has 0 spiro atoms. The van der Waals surface area contributed by atoms with Gasteiger partial charge in [0.1, 0.15) is 5.60 Å². The molecule has 1 fully saturated rings. The molecule has 0 radical (unpaired) electrons. The van der Waals surface area contributed by atoms with Crippen LogP contribution < -0.4 is 0 Å². The molecule has 1 N–H and O–H groups in total. The van der Waals surface area contributed by atoms with Crippen molar-refractivity contribution in [3.63, 3.8) is 0 Å². The van der Waals surface area contributed by atoms with Crippen LogP contribution >= 0.6 is 0 Å². The molecular weight excluding hydrogens is 252 g/mol. The fourth-order valence-corrected chi connectivity index (χ4v) is 2.91. The van der Waals surface area contributed by atoms with Gasteiger partial charge >= 0.3 is 5.97 Å². The van der Waals surface area contributed by atoms with Crippen LogP contribution in [0.5, 0.6) is 0 Å². The van der Waals surface area contributed by atoms with Gasteiger partial charge in [-0.05, 0) is 39.2 Å². The van der Waals surface area contributed by atoms with E-state index in [2.05, 4.69) is 0 Å². The van der Waals surface area contributed by atoms with Crippen LogP contribution in [0.4, 0.5) is 0 Å². The van der Waals surface area contributed by atoms with Gasteiger partial charge in [0, 0.05) is 5.92 Å². The molecule has 0 bridgehead atoms. The smallest absolute Gasteiger partial charge is 0.343 e. The lowest BCUT2D eigenvalue weighted by atomic mass is 9.80. The summed E-state index contributed by atoms with van der Waals surface area (Å²) in [6.45, 7) is 5.47. The first-order chi connectivity index (χ1) is 9.34. The zero-order valence-electron chi connectivity index (χ0n) is 12.6. The van der Waals surface area contributed by atoms with E-state index >= 15 is 0 Å². The third-order valence-corrected chi connectivity index (χ3v) is 3.87. The van der Waals surface area contributed by atoms with Gasteiger partial charge in [0.05, 0.1) is 0 Å². The van der Waals surface area contributed by atoms with Crippen molar-refractivity contribution in [2.24, 2.45) is 5.92 Å². The molecule has 0 aliphatic heterocycles. The fourth-order valence-electron chi connectivity index (χ4n) is 2.91. The van der Waals surface area contributed by atoms with Gasteiger partial charge in [-0.3, -0.25) is 0 Å². The number of rotatable bonds is 3. The molecule has 1 atom stereocenters. The van der Waals surface area contributed by atoms with Crippen molar-refractivity contribution in [2.45, 2.75) is 57.7 Å². The summed E-state index contributed by atoms with van der Waals surface area (Å²) in [6, 6.07) is 9.19. The van der Waals surface area contributed by atoms with Crippen LogP contribution in [0.2, 0.25) is 0 Å². The van der Waals surface area contributed by atoms with Gasteiger partial charge in [-0.25, -0.2) is 4.79 Å². The molecule has 1 aliphatic rings. The number of benzene rings is 1. The maximum Gasteiger partial charge on any atom is 0.343 e. The van der Waals surface area contributed by atoms with Crippen molar-refractivity contribution in [1.29, 1.82) is 0 Å². The van der Waals surface area contributed by atoms with Gasteiger partial charge in [-0.2, -0.15) is 0 Å². The van der Waals surface area contributed by atoms with Crippen LogP contribution in [-0.4, -0.2) is 16.7 Å². The second kappa shape index (κ2) is 5.57. The summed E-state index contributed by atoms with van der Waals surface area (Å²) < 4.78 is 5.48. The Morgan fingerprint density at radius 1 is 1.15 bits per heavy atom. The third kappa shape index (κ3) is 3.04. The van der Waals surface area contributed by atoms with E-state index in [1.807, 2.05) is 51.1 Å². The van der Waals surface area contributed by atoms with Crippen LogP contribution in [0.15, 0.2) is 30.3 Å². The maximum atomic E-state index is 12.6. The molecular formula is C17H24O3. The predicted octanol–water partition coefficient (Wildman–Crippen LogP) is 3.41. The molecule has 0 unspecified atom stereocenters. The lowest BCUT2D eigenvalue weighted by molar-refractivity contribution is -0.185. The third-order valence-electron chi connectivity index (χ3n) is 3.87. The normalized spacial score (nSPS) is 19.6. The molecule has 0 saturated heterocycles. The molecule has 3 nitrogen and oxygen atoms in total. The molecule has 3 heteroatoms. The molecule has 0 amide bonds. The van der Waals surface area contributed by atoms with Crippen molar-refractivity contribution in [3.05, 3.63) is 35.9 Å². The zero-order valence-corrected chi connectivity index (χ0v) is 12.6. The first-order valence-electron chi connectivity index (χ1n) is 7.35. The van der Waals surface area contributed by atoms with Crippen LogP contribution in [0.25, 0.3) is 0 Å². The van der Waals surface area contributed by atoms with E-state index in [4.69, 9.17) is 4.74 Å². The summed E-state index contributed by atoms with van der Waals surface area (Å²) in [6.07, 6.45) is 3.85. The Bertz CT molecular complexity index is 455. The average molecular weight is 276 g/mol. The summed E-state index contributed by atoms with van der Waals surface area (Å²) in [4.78, 5) is 12.6. The first kappa shape index (κ1) is 15.0. The zero-order chi connectivity index (χ0) is 14.8. The van der Waals surface area contributed by atoms with Crippen LogP contribution in [0, 0.1) is 5.92 Å². The number of carbonyl (C=O) groups excluding carboxylic acids is 1. The van der Waals surface area contributed by atoms with Crippen LogP contribution in [0.3, 0.4) is 0 Å². The van der Waals surface area contributed by atoms with Gasteiger partial charge in [0.2, 0.25) is 0 Å². The number of carbonyl (C=O) groups is 1. The molecule has 1 aromatic carbocycles. The predicted molar refractivity (Wildman–Crippen MR) is 78.1 cm³/mol. The molecule has 0 heterocycles. The Morgan fingerprint density at radius 3 is 2.20 bits per heavy atom. The number of esters is 1. The highest BCUT2D eigenvalue weighted by Crippen LogP contribution is 2.42. The van der Waals surface area contributed by atoms with Gasteiger partial charge in [0.25, 0.3) is 0 Å². The quantitative estimate of drug-likeness (QED) is 0.861. The second-order valence-electron chi connectivity index (χ2n) is 6.62. The minimum Gasteiger partial charge on any atom is -0.458 e. The van der Waals surface area contributed by atoms with E-state index in [0.717, 1.165) is 25.7 Å². The number of hydrogen-bond acceptors (Lipinski definition) is 3. The highest BCUT2D eigenvalue weighted by molar-refractivity contribution is 5.82. The maximum absolute atomic E-state index is 12.6. The highest BCUT2D eigenvalue weighted by Gasteiger charge is 2.48. The van der Waals surface area contributed by atoms with E-state index in [0.29, 0.717) is 5.56 Å². The Morgan fingerprint density at radius 2 is 1.70 bits per heavy atom. The number of ether oxygens (including phenoxy) is 1. The lowest BCUT2D eigenvalue weighted by Gasteiger charge is -2.35. The molecule has 110 valence electrons. The summed E-state index contributed by atoms with van der Waals surface area (Å²) in [5, 5.41) is 11.1. The highest BCUT2D eigenvalue weighted by atomic mass is 16.6. The van der Waals surface area contributed by atoms with Gasteiger partial charge < -0.3 is 9.84 Å². The van der Waals surface area contributed by atoms with Gasteiger partial charge in [0.15, 0.2) is 5.60 Å². The van der Waals surface area contributed by atoms with Crippen LogP contribution in [0.1, 0.15) is 52.0 Å². The van der Waals surface area contributed by atoms with Gasteiger partial charge in [-0.15, -0.1) is 0 Å². The SMILES string of the molecule is CC(C)(C)OC(=O)[C@](O)(c1ccccc1)C1CCCC1. The Hall–Kier alpha value is -1.35. The minimum atomic E-state index is -1.52. The average Bonchev–Trinajstić information content (AvgIpc) is 2.91. The molecule has 1 aromatic rings. The molecule has 2 rings (SSSR count). The van der Waals surface area contributed by atoms with Crippen molar-refractivity contribution in [1.82, 2.24) is 0 Å². The molecule has 1 aliphatic carbocycles. The topological polar surface area (TPSA) is 46.5 Å². The van der Waals surface area contributed by atoms with Crippen molar-refractivity contribution >= 4 is 5.97 Å². The summed E-state index contributed by atoms with van der Waals surface area (Å²) in [7, 11) is 0. The van der Waals surface area contributed by atoms with E-state index < -0.39 is 17.2 Å². The standard InChI is InChI=1S/C17H24O3/c1-16(2,3)20-15(18)17(19,14-11-7-8-12-14)13-9-5-4-6-10-13/h4-6,9-10,14,19H,7-8,11-12H2,1-3H3/t17-/m0/s1. The van der Waals surface area contributed by atoms with Crippen molar-refractivity contribution in [2.75, 3.05) is 0 Å². The molecule has 20 heavy (non-hydrogen) atoms. The van der Waals surface area contributed by atoms with E-state index in [9.17, 15) is 9.90 Å². The first-order valence-corrected chi connectivity index (χ1v) is 7.35. The Labute approximate surface area is 121 Å². The Kier molecular flexibility index (Phi) is 4.19. The van der Waals surface area contributed by atoms with Crippen molar-refractivity contribution < 1.29 is 14.6 Å². The molecule has 0 aromatic heterocycles. The summed E-state index contributed by atoms with van der Waals surface area (Å²) in [5.74, 6) is -0.581. The summed E-state index contributed by atoms with van der Waals surface area (Å²) >= 11 is 0. The van der Waals surface area contributed by atoms with Gasteiger partial charge in [-0.1, -0.05) is 43.2 Å². The van der Waals surface area contributed by atoms with Crippen molar-refractivity contribution in [3.8, 4) is 0 Å². The number of hydrogen-bond donors (Lipinski definition) is 1. The largest absolute Gasteiger partial charge is 0.458 e. The van der Waals surface area contributed by atoms with E-state index in [-0.39, 0.29) is 5.92 Å². The van der Waals surface area contributed by atoms with E-state index in [1.54, 1.807) is 0 Å². The Balaban J connectivity index is 2.36. The molecule has 1 saturated carbocycles. The lowest BCUT2D eigenvalue weighted by Crippen LogP contribution is -2.46. The van der Waals surface area contributed by atoms with Crippen LogP contribution in [-0.2, 0) is 15.1 Å². The number of aliphatic hydroxyl groups is 1. The minimum absolute atomic E-state index is 0.0558. The van der Waals surface area contributed by atoms with E-state index in [1.165, 1.54) is 0 Å². The monoisotopic (exact) mass is 276 g/mol. The second-order valence-corrected chi connectivity index (χ2v) is 6.62.